The lowest BCUT2D eigenvalue weighted by molar-refractivity contribution is -0.147. The number of hydrogen-bond acceptors (Lipinski definition) is 4. The van der Waals surface area contributed by atoms with Crippen molar-refractivity contribution >= 4 is 11.9 Å². The van der Waals surface area contributed by atoms with Crippen LogP contribution in [0.1, 0.15) is 52.4 Å². The van der Waals surface area contributed by atoms with Crippen molar-refractivity contribution in [2.45, 2.75) is 58.4 Å². The minimum atomic E-state index is -0.159. The maximum Gasteiger partial charge on any atom is 0.309 e. The smallest absolute Gasteiger partial charge is 0.309 e. The highest BCUT2D eigenvalue weighted by molar-refractivity contribution is 5.78. The van der Waals surface area contributed by atoms with Gasteiger partial charge >= 0.3 is 5.97 Å². The standard InChI is InChI=1S/C16H30N2O3/c1-4-5-6-8-13(2)17-15(19)12-18-10-7-9-14(11-18)16(20)21-3/h13-14H,4-12H2,1-3H3,(H,17,19)/t13?,14-/m0/s1. The van der Waals surface area contributed by atoms with Crippen LogP contribution >= 0.6 is 0 Å². The van der Waals surface area contributed by atoms with Gasteiger partial charge in [-0.05, 0) is 32.7 Å². The molecule has 1 rings (SSSR count). The molecule has 0 aliphatic carbocycles. The molecule has 0 bridgehead atoms. The Labute approximate surface area is 128 Å². The number of nitrogens with one attached hydrogen (secondary N) is 1. The van der Waals surface area contributed by atoms with E-state index in [1.165, 1.54) is 20.0 Å². The molecule has 5 nitrogen and oxygen atoms in total. The van der Waals surface area contributed by atoms with Crippen LogP contribution in [0.25, 0.3) is 0 Å². The number of nitrogens with zero attached hydrogens (tertiary/aromatic N) is 1. The second-order valence-electron chi connectivity index (χ2n) is 6.06. The van der Waals surface area contributed by atoms with Gasteiger partial charge in [-0.3, -0.25) is 14.5 Å². The summed E-state index contributed by atoms with van der Waals surface area (Å²) in [4.78, 5) is 25.7. The zero-order chi connectivity index (χ0) is 15.7. The number of carbonyl (C=O) groups is 2. The van der Waals surface area contributed by atoms with Gasteiger partial charge in [0.2, 0.25) is 5.91 Å². The number of amides is 1. The molecule has 1 aliphatic heterocycles. The second-order valence-corrected chi connectivity index (χ2v) is 6.06. The molecule has 1 unspecified atom stereocenters. The summed E-state index contributed by atoms with van der Waals surface area (Å²) < 4.78 is 4.80. The van der Waals surface area contributed by atoms with Crippen LogP contribution in [0.4, 0.5) is 0 Å². The summed E-state index contributed by atoms with van der Waals surface area (Å²) >= 11 is 0. The summed E-state index contributed by atoms with van der Waals surface area (Å²) in [5.41, 5.74) is 0. The van der Waals surface area contributed by atoms with Crippen LogP contribution in [0.2, 0.25) is 0 Å². The molecule has 2 atom stereocenters. The molecule has 0 radical (unpaired) electrons. The van der Waals surface area contributed by atoms with Crippen LogP contribution in [0.15, 0.2) is 0 Å². The molecular weight excluding hydrogens is 268 g/mol. The summed E-state index contributed by atoms with van der Waals surface area (Å²) in [7, 11) is 1.42. The van der Waals surface area contributed by atoms with Gasteiger partial charge in [0.05, 0.1) is 19.6 Å². The highest BCUT2D eigenvalue weighted by Gasteiger charge is 2.27. The third kappa shape index (κ3) is 6.93. The van der Waals surface area contributed by atoms with Crippen molar-refractivity contribution in [3.05, 3.63) is 0 Å². The van der Waals surface area contributed by atoms with Crippen LogP contribution in [0.3, 0.4) is 0 Å². The number of unbranched alkanes of at least 4 members (excludes halogenated alkanes) is 2. The first kappa shape index (κ1) is 18.0. The van der Waals surface area contributed by atoms with Gasteiger partial charge in [-0.25, -0.2) is 0 Å². The van der Waals surface area contributed by atoms with Gasteiger partial charge in [0.25, 0.3) is 0 Å². The second kappa shape index (κ2) is 9.77. The fraction of sp³-hybridized carbons (Fsp3) is 0.875. The zero-order valence-electron chi connectivity index (χ0n) is 13.7. The Morgan fingerprint density at radius 1 is 1.38 bits per heavy atom. The van der Waals surface area contributed by atoms with E-state index in [0.29, 0.717) is 13.1 Å². The Morgan fingerprint density at radius 3 is 2.81 bits per heavy atom. The minimum absolute atomic E-state index is 0.0597. The van der Waals surface area contributed by atoms with Gasteiger partial charge in [0.1, 0.15) is 0 Å². The zero-order valence-corrected chi connectivity index (χ0v) is 13.7. The van der Waals surface area contributed by atoms with E-state index in [1.54, 1.807) is 0 Å². The lowest BCUT2D eigenvalue weighted by atomic mass is 9.98. The number of likely N-dealkylation sites (tertiary alicyclic amines) is 1. The Hall–Kier alpha value is -1.10. The molecule has 1 fully saturated rings. The highest BCUT2D eigenvalue weighted by Crippen LogP contribution is 2.17. The summed E-state index contributed by atoms with van der Waals surface area (Å²) in [5.74, 6) is -0.184. The van der Waals surface area contributed by atoms with Crippen molar-refractivity contribution < 1.29 is 14.3 Å². The summed E-state index contributed by atoms with van der Waals surface area (Å²) in [6.45, 7) is 6.12. The van der Waals surface area contributed by atoms with Crippen LogP contribution in [-0.4, -0.2) is 49.6 Å². The molecule has 122 valence electrons. The van der Waals surface area contributed by atoms with E-state index in [9.17, 15) is 9.59 Å². The van der Waals surface area contributed by atoms with Gasteiger partial charge < -0.3 is 10.1 Å². The van der Waals surface area contributed by atoms with Gasteiger partial charge in [-0.2, -0.15) is 0 Å². The summed E-state index contributed by atoms with van der Waals surface area (Å²) in [6.07, 6.45) is 6.41. The molecule has 5 heteroatoms. The average molecular weight is 298 g/mol. The van der Waals surface area contributed by atoms with Crippen LogP contribution in [-0.2, 0) is 14.3 Å². The van der Waals surface area contributed by atoms with Gasteiger partial charge in [-0.1, -0.05) is 26.2 Å². The van der Waals surface area contributed by atoms with E-state index in [4.69, 9.17) is 4.74 Å². The van der Waals surface area contributed by atoms with E-state index < -0.39 is 0 Å². The monoisotopic (exact) mass is 298 g/mol. The van der Waals surface area contributed by atoms with Gasteiger partial charge in [-0.15, -0.1) is 0 Å². The molecule has 0 aromatic carbocycles. The third-order valence-electron chi connectivity index (χ3n) is 4.06. The van der Waals surface area contributed by atoms with Crippen molar-refractivity contribution in [1.82, 2.24) is 10.2 Å². The highest BCUT2D eigenvalue weighted by atomic mass is 16.5. The molecule has 0 aromatic heterocycles. The number of methoxy groups -OCH3 is 1. The topological polar surface area (TPSA) is 58.6 Å². The normalized spacial score (nSPS) is 20.8. The molecule has 1 saturated heterocycles. The van der Waals surface area contributed by atoms with Crippen molar-refractivity contribution in [3.8, 4) is 0 Å². The Morgan fingerprint density at radius 2 is 2.14 bits per heavy atom. The molecule has 0 aromatic rings. The maximum absolute atomic E-state index is 12.0. The average Bonchev–Trinajstić information content (AvgIpc) is 2.46. The molecule has 0 saturated carbocycles. The molecule has 1 N–H and O–H groups in total. The maximum atomic E-state index is 12.0. The van der Waals surface area contributed by atoms with Gasteiger partial charge in [0.15, 0.2) is 0 Å². The number of carbonyl (C=O) groups excluding carboxylic acids is 2. The molecule has 1 amide bonds. The van der Waals surface area contributed by atoms with Crippen LogP contribution in [0.5, 0.6) is 0 Å². The lowest BCUT2D eigenvalue weighted by Gasteiger charge is -2.31. The summed E-state index contributed by atoms with van der Waals surface area (Å²) in [6, 6.07) is 0.227. The first-order valence-corrected chi connectivity index (χ1v) is 8.16. The molecule has 0 spiro atoms. The van der Waals surface area contributed by atoms with Crippen LogP contribution < -0.4 is 5.32 Å². The quantitative estimate of drug-likeness (QED) is 0.550. The van der Waals surface area contributed by atoms with Crippen molar-refractivity contribution in [2.75, 3.05) is 26.7 Å². The number of piperidine rings is 1. The predicted molar refractivity (Wildman–Crippen MR) is 82.9 cm³/mol. The first-order chi connectivity index (χ1) is 10.1. The van der Waals surface area contributed by atoms with E-state index in [2.05, 4.69) is 24.1 Å². The van der Waals surface area contributed by atoms with E-state index in [-0.39, 0.29) is 23.8 Å². The fourth-order valence-electron chi connectivity index (χ4n) is 2.85. The van der Waals surface area contributed by atoms with Crippen LogP contribution in [0, 0.1) is 5.92 Å². The Kier molecular flexibility index (Phi) is 8.35. The lowest BCUT2D eigenvalue weighted by Crippen LogP contribution is -2.46. The first-order valence-electron chi connectivity index (χ1n) is 8.16. The number of rotatable bonds is 8. The molecule has 1 heterocycles. The number of ether oxygens (including phenoxy) is 1. The summed E-state index contributed by atoms with van der Waals surface area (Å²) in [5, 5.41) is 3.05. The van der Waals surface area contributed by atoms with Gasteiger partial charge in [0, 0.05) is 12.6 Å². The fourth-order valence-corrected chi connectivity index (χ4v) is 2.85. The van der Waals surface area contributed by atoms with Crippen molar-refractivity contribution in [1.29, 1.82) is 0 Å². The van der Waals surface area contributed by atoms with Crippen molar-refractivity contribution in [3.63, 3.8) is 0 Å². The van der Waals surface area contributed by atoms with Crippen molar-refractivity contribution in [2.24, 2.45) is 5.92 Å². The minimum Gasteiger partial charge on any atom is -0.469 e. The number of esters is 1. The molecule has 21 heavy (non-hydrogen) atoms. The molecular formula is C16H30N2O3. The van der Waals surface area contributed by atoms with E-state index in [0.717, 1.165) is 32.2 Å². The SMILES string of the molecule is CCCCCC(C)NC(=O)CN1CCC[C@H](C(=O)OC)C1. The molecule has 1 aliphatic rings. The van der Waals surface area contributed by atoms with E-state index in [1.807, 2.05) is 0 Å². The Bertz CT molecular complexity index is 333. The Balaban J connectivity index is 2.28. The number of hydrogen-bond donors (Lipinski definition) is 1. The third-order valence-corrected chi connectivity index (χ3v) is 4.06. The predicted octanol–water partition coefficient (Wildman–Crippen LogP) is 1.96. The van der Waals surface area contributed by atoms with E-state index >= 15 is 0 Å². The largest absolute Gasteiger partial charge is 0.469 e.